The SMILES string of the molecule is CCCN(Cc1cccc(F)c1F)c1ccc(N)cc1. The van der Waals surface area contributed by atoms with Gasteiger partial charge in [0.1, 0.15) is 0 Å². The van der Waals surface area contributed by atoms with Gasteiger partial charge in [-0.25, -0.2) is 8.78 Å². The van der Waals surface area contributed by atoms with Crippen molar-refractivity contribution in [3.63, 3.8) is 0 Å². The van der Waals surface area contributed by atoms with E-state index in [0.29, 0.717) is 17.8 Å². The van der Waals surface area contributed by atoms with Crippen LogP contribution in [0.3, 0.4) is 0 Å². The number of anilines is 2. The second-order valence-corrected chi connectivity index (χ2v) is 4.73. The van der Waals surface area contributed by atoms with E-state index in [2.05, 4.69) is 0 Å². The Bertz CT molecular complexity index is 567. The van der Waals surface area contributed by atoms with Gasteiger partial charge in [-0.3, -0.25) is 0 Å². The molecule has 0 radical (unpaired) electrons. The molecule has 0 fully saturated rings. The summed E-state index contributed by atoms with van der Waals surface area (Å²) in [4.78, 5) is 2.01. The van der Waals surface area contributed by atoms with Crippen molar-refractivity contribution in [3.8, 4) is 0 Å². The highest BCUT2D eigenvalue weighted by Crippen LogP contribution is 2.21. The third-order valence-corrected chi connectivity index (χ3v) is 3.14. The zero-order valence-electron chi connectivity index (χ0n) is 11.4. The number of hydrogen-bond donors (Lipinski definition) is 1. The molecule has 0 bridgehead atoms. The molecule has 2 aromatic carbocycles. The number of benzene rings is 2. The molecule has 0 aliphatic heterocycles. The summed E-state index contributed by atoms with van der Waals surface area (Å²) < 4.78 is 27.0. The topological polar surface area (TPSA) is 29.3 Å². The van der Waals surface area contributed by atoms with Crippen LogP contribution in [0.4, 0.5) is 20.2 Å². The molecule has 2 rings (SSSR count). The van der Waals surface area contributed by atoms with Crippen molar-refractivity contribution in [1.82, 2.24) is 0 Å². The molecule has 4 heteroatoms. The predicted molar refractivity (Wildman–Crippen MR) is 78.6 cm³/mol. The van der Waals surface area contributed by atoms with E-state index in [0.717, 1.165) is 24.7 Å². The van der Waals surface area contributed by atoms with Crippen molar-refractivity contribution < 1.29 is 8.78 Å². The van der Waals surface area contributed by atoms with Gasteiger partial charge in [0.2, 0.25) is 0 Å². The molecule has 0 atom stereocenters. The first-order chi connectivity index (χ1) is 9.61. The van der Waals surface area contributed by atoms with Crippen molar-refractivity contribution in [2.45, 2.75) is 19.9 Å². The van der Waals surface area contributed by atoms with Crippen LogP contribution in [0.15, 0.2) is 42.5 Å². The van der Waals surface area contributed by atoms with E-state index in [1.165, 1.54) is 6.07 Å². The third kappa shape index (κ3) is 3.26. The fraction of sp³-hybridized carbons (Fsp3) is 0.250. The molecule has 0 spiro atoms. The molecule has 0 aliphatic carbocycles. The van der Waals surface area contributed by atoms with Crippen LogP contribution in [0.5, 0.6) is 0 Å². The number of hydrogen-bond acceptors (Lipinski definition) is 2. The number of nitrogens with two attached hydrogens (primary N) is 1. The Morgan fingerprint density at radius 2 is 1.75 bits per heavy atom. The largest absolute Gasteiger partial charge is 0.399 e. The summed E-state index contributed by atoms with van der Waals surface area (Å²) in [5.74, 6) is -1.58. The van der Waals surface area contributed by atoms with E-state index in [9.17, 15) is 8.78 Å². The second-order valence-electron chi connectivity index (χ2n) is 4.73. The molecule has 20 heavy (non-hydrogen) atoms. The van der Waals surface area contributed by atoms with Gasteiger partial charge in [0.25, 0.3) is 0 Å². The fourth-order valence-corrected chi connectivity index (χ4v) is 2.13. The van der Waals surface area contributed by atoms with E-state index >= 15 is 0 Å². The summed E-state index contributed by atoms with van der Waals surface area (Å²) >= 11 is 0. The lowest BCUT2D eigenvalue weighted by molar-refractivity contribution is 0.497. The first kappa shape index (κ1) is 14.3. The summed E-state index contributed by atoms with van der Waals surface area (Å²) in [7, 11) is 0. The first-order valence-corrected chi connectivity index (χ1v) is 6.65. The lowest BCUT2D eigenvalue weighted by Crippen LogP contribution is -2.24. The molecule has 106 valence electrons. The molecule has 0 heterocycles. The average Bonchev–Trinajstić information content (AvgIpc) is 2.44. The normalized spacial score (nSPS) is 10.6. The lowest BCUT2D eigenvalue weighted by atomic mass is 10.1. The van der Waals surface area contributed by atoms with Crippen LogP contribution >= 0.6 is 0 Å². The van der Waals surface area contributed by atoms with E-state index in [4.69, 9.17) is 5.73 Å². The van der Waals surface area contributed by atoms with Crippen LogP contribution in [0.1, 0.15) is 18.9 Å². The van der Waals surface area contributed by atoms with E-state index in [1.54, 1.807) is 18.2 Å². The van der Waals surface area contributed by atoms with Crippen molar-refractivity contribution in [2.75, 3.05) is 17.2 Å². The predicted octanol–water partition coefficient (Wildman–Crippen LogP) is 3.96. The van der Waals surface area contributed by atoms with E-state index in [-0.39, 0.29) is 0 Å². The average molecular weight is 276 g/mol. The molecule has 0 saturated heterocycles. The van der Waals surface area contributed by atoms with Gasteiger partial charge >= 0.3 is 0 Å². The van der Waals surface area contributed by atoms with Gasteiger partial charge in [0.15, 0.2) is 11.6 Å². The summed E-state index contributed by atoms with van der Waals surface area (Å²) in [5.41, 5.74) is 7.66. The Morgan fingerprint density at radius 3 is 2.40 bits per heavy atom. The van der Waals surface area contributed by atoms with Crippen LogP contribution in [0.25, 0.3) is 0 Å². The molecule has 0 amide bonds. The van der Waals surface area contributed by atoms with Crippen LogP contribution in [0, 0.1) is 11.6 Å². The second kappa shape index (κ2) is 6.37. The van der Waals surface area contributed by atoms with Gasteiger partial charge in [0, 0.05) is 30.0 Å². The fourth-order valence-electron chi connectivity index (χ4n) is 2.13. The van der Waals surface area contributed by atoms with Gasteiger partial charge in [-0.15, -0.1) is 0 Å². The smallest absolute Gasteiger partial charge is 0.163 e. The zero-order valence-corrected chi connectivity index (χ0v) is 11.4. The van der Waals surface area contributed by atoms with Gasteiger partial charge in [0.05, 0.1) is 0 Å². The summed E-state index contributed by atoms with van der Waals surface area (Å²) in [6.45, 7) is 3.15. The van der Waals surface area contributed by atoms with Crippen molar-refractivity contribution in [2.24, 2.45) is 0 Å². The minimum absolute atomic E-state index is 0.335. The van der Waals surface area contributed by atoms with Gasteiger partial charge in [-0.05, 0) is 36.8 Å². The molecule has 2 N–H and O–H groups in total. The van der Waals surface area contributed by atoms with Gasteiger partial charge < -0.3 is 10.6 Å². The van der Waals surface area contributed by atoms with Crippen LogP contribution in [-0.2, 0) is 6.54 Å². The monoisotopic (exact) mass is 276 g/mol. The number of halogens is 2. The quantitative estimate of drug-likeness (QED) is 0.837. The van der Waals surface area contributed by atoms with Crippen molar-refractivity contribution in [1.29, 1.82) is 0 Å². The maximum Gasteiger partial charge on any atom is 0.163 e. The van der Waals surface area contributed by atoms with Crippen molar-refractivity contribution >= 4 is 11.4 Å². The Kier molecular flexibility index (Phi) is 4.56. The molecule has 0 unspecified atom stereocenters. The molecule has 0 saturated carbocycles. The Morgan fingerprint density at radius 1 is 1.05 bits per heavy atom. The van der Waals surface area contributed by atoms with Gasteiger partial charge in [-0.2, -0.15) is 0 Å². The minimum Gasteiger partial charge on any atom is -0.399 e. The molecule has 2 aromatic rings. The Balaban J connectivity index is 2.25. The van der Waals surface area contributed by atoms with Gasteiger partial charge in [-0.1, -0.05) is 19.1 Å². The van der Waals surface area contributed by atoms with Crippen LogP contribution in [0.2, 0.25) is 0 Å². The van der Waals surface area contributed by atoms with E-state index < -0.39 is 11.6 Å². The lowest BCUT2D eigenvalue weighted by Gasteiger charge is -2.25. The molecule has 2 nitrogen and oxygen atoms in total. The highest BCUT2D eigenvalue weighted by molar-refractivity contribution is 5.53. The van der Waals surface area contributed by atoms with E-state index in [1.807, 2.05) is 24.0 Å². The Hall–Kier alpha value is -2.10. The van der Waals surface area contributed by atoms with Crippen LogP contribution < -0.4 is 10.6 Å². The standard InChI is InChI=1S/C16H18F2N2/c1-2-10-20(14-8-6-13(19)7-9-14)11-12-4-3-5-15(17)16(12)18/h3-9H,2,10-11,19H2,1H3. The van der Waals surface area contributed by atoms with Crippen LogP contribution in [-0.4, -0.2) is 6.54 Å². The number of nitrogen functional groups attached to an aromatic ring is 1. The highest BCUT2D eigenvalue weighted by Gasteiger charge is 2.12. The third-order valence-electron chi connectivity index (χ3n) is 3.14. The first-order valence-electron chi connectivity index (χ1n) is 6.65. The number of nitrogens with zero attached hydrogens (tertiary/aromatic N) is 1. The molecule has 0 aromatic heterocycles. The summed E-state index contributed by atoms with van der Waals surface area (Å²) in [6.07, 6.45) is 0.918. The minimum atomic E-state index is -0.809. The summed E-state index contributed by atoms with van der Waals surface area (Å²) in [5, 5.41) is 0. The van der Waals surface area contributed by atoms with Crippen molar-refractivity contribution in [3.05, 3.63) is 59.7 Å². The highest BCUT2D eigenvalue weighted by atomic mass is 19.2. The number of rotatable bonds is 5. The molecular weight excluding hydrogens is 258 g/mol. The maximum absolute atomic E-state index is 13.8. The molecular formula is C16H18F2N2. The molecule has 0 aliphatic rings. The summed E-state index contributed by atoms with van der Waals surface area (Å²) in [6, 6.07) is 11.7. The zero-order chi connectivity index (χ0) is 14.5. The Labute approximate surface area is 117 Å². The maximum atomic E-state index is 13.8.